The number of thiol groups is 1. The van der Waals surface area contributed by atoms with Gasteiger partial charge in [0.2, 0.25) is 5.91 Å². The van der Waals surface area contributed by atoms with Gasteiger partial charge < -0.3 is 18.9 Å². The number of benzene rings is 3. The number of carbonyl (C=O) groups excluding carboxylic acids is 2. The second kappa shape index (κ2) is 14.3. The van der Waals surface area contributed by atoms with Gasteiger partial charge in [0.1, 0.15) is 18.2 Å². The zero-order valence-corrected chi connectivity index (χ0v) is 24.7. The summed E-state index contributed by atoms with van der Waals surface area (Å²) < 4.78 is 51.9. The summed E-state index contributed by atoms with van der Waals surface area (Å²) in [6, 6.07) is 13.3. The maximum absolute atomic E-state index is 15.2. The third-order valence-electron chi connectivity index (χ3n) is 6.85. The van der Waals surface area contributed by atoms with Crippen molar-refractivity contribution in [2.45, 2.75) is 6.42 Å². The van der Waals surface area contributed by atoms with E-state index in [0.29, 0.717) is 53.5 Å². The van der Waals surface area contributed by atoms with Gasteiger partial charge in [0, 0.05) is 43.4 Å². The molecular weight excluding hydrogens is 594 g/mol. The van der Waals surface area contributed by atoms with E-state index >= 15 is 4.39 Å². The van der Waals surface area contributed by atoms with E-state index in [1.165, 1.54) is 49.7 Å². The minimum atomic E-state index is -0.885. The number of ether oxygens (including phenoxy) is 4. The van der Waals surface area contributed by atoms with Crippen LogP contribution in [0.4, 0.5) is 19.3 Å². The lowest BCUT2D eigenvalue weighted by Gasteiger charge is -2.26. The topological polar surface area (TPSA) is 102 Å². The van der Waals surface area contributed by atoms with E-state index in [1.807, 2.05) is 0 Å². The SMILES string of the molecule is COc1cc2c(Oc3ccc(N(S)C(=O)NC(=O)Cc4ccc(F)cc4)cc3F)ccnc2cc1OCCN1CCOCC1. The molecule has 1 saturated heterocycles. The van der Waals surface area contributed by atoms with Crippen molar-refractivity contribution in [3.63, 3.8) is 0 Å². The summed E-state index contributed by atoms with van der Waals surface area (Å²) >= 11 is 4.11. The number of imide groups is 1. The summed E-state index contributed by atoms with van der Waals surface area (Å²) in [7, 11) is 1.53. The van der Waals surface area contributed by atoms with Gasteiger partial charge in [0.05, 0.1) is 37.9 Å². The third-order valence-corrected chi connectivity index (χ3v) is 7.26. The number of amides is 3. The van der Waals surface area contributed by atoms with Crippen LogP contribution in [-0.4, -0.2) is 68.4 Å². The molecule has 10 nitrogen and oxygen atoms in total. The maximum Gasteiger partial charge on any atom is 0.338 e. The van der Waals surface area contributed by atoms with Gasteiger partial charge in [-0.1, -0.05) is 24.9 Å². The fourth-order valence-corrected chi connectivity index (χ4v) is 4.72. The van der Waals surface area contributed by atoms with E-state index in [0.717, 1.165) is 30.0 Å². The first-order valence-corrected chi connectivity index (χ1v) is 14.1. The Morgan fingerprint density at radius 3 is 2.50 bits per heavy atom. The molecule has 1 aromatic heterocycles. The van der Waals surface area contributed by atoms with E-state index in [1.54, 1.807) is 18.2 Å². The number of halogens is 2. The van der Waals surface area contributed by atoms with Crippen molar-refractivity contribution in [3.8, 4) is 23.0 Å². The van der Waals surface area contributed by atoms with E-state index in [-0.39, 0.29) is 17.9 Å². The molecule has 44 heavy (non-hydrogen) atoms. The molecule has 1 N–H and O–H groups in total. The second-order valence-electron chi connectivity index (χ2n) is 9.82. The van der Waals surface area contributed by atoms with Crippen LogP contribution in [0.5, 0.6) is 23.0 Å². The molecule has 4 aromatic rings. The summed E-state index contributed by atoms with van der Waals surface area (Å²) in [5.74, 6) is -0.631. The smallest absolute Gasteiger partial charge is 0.338 e. The van der Waals surface area contributed by atoms with Crippen LogP contribution in [0, 0.1) is 11.6 Å². The molecule has 0 bridgehead atoms. The van der Waals surface area contributed by atoms with Crippen molar-refractivity contribution in [2.24, 2.45) is 0 Å². The van der Waals surface area contributed by atoms with Crippen LogP contribution in [0.3, 0.4) is 0 Å². The van der Waals surface area contributed by atoms with Crippen molar-refractivity contribution in [3.05, 3.63) is 84.1 Å². The van der Waals surface area contributed by atoms with E-state index in [2.05, 4.69) is 28.0 Å². The number of aromatic nitrogens is 1. The predicted octanol–water partition coefficient (Wildman–Crippen LogP) is 5.16. The standard InChI is InChI=1S/C31H30F2N4O6S/c1-40-28-18-23-25(19-29(28)42-15-12-36-10-13-41-14-11-36)34-9-8-26(23)43-27-7-6-22(17-24(27)33)37(44)31(39)35-30(38)16-20-2-4-21(32)5-3-20/h2-9,17-19,44H,10-16H2,1H3,(H,35,38,39). The Bertz CT molecular complexity index is 1640. The quantitative estimate of drug-likeness (QED) is 0.234. The Kier molecular flexibility index (Phi) is 10.1. The zero-order valence-electron chi connectivity index (χ0n) is 23.8. The highest BCUT2D eigenvalue weighted by atomic mass is 32.1. The number of rotatable bonds is 10. The highest BCUT2D eigenvalue weighted by Gasteiger charge is 2.19. The number of methoxy groups -OCH3 is 1. The van der Waals surface area contributed by atoms with Crippen molar-refractivity contribution in [1.29, 1.82) is 0 Å². The maximum atomic E-state index is 15.2. The van der Waals surface area contributed by atoms with Gasteiger partial charge in [-0.25, -0.2) is 17.9 Å². The van der Waals surface area contributed by atoms with Crippen molar-refractivity contribution in [2.75, 3.05) is 50.9 Å². The summed E-state index contributed by atoms with van der Waals surface area (Å²) in [5, 5.41) is 2.74. The molecule has 230 valence electrons. The molecular formula is C31H30F2N4O6S. The molecule has 1 aliphatic heterocycles. The average Bonchev–Trinajstić information content (AvgIpc) is 3.03. The molecule has 0 spiro atoms. The minimum absolute atomic E-state index is 0.0605. The first-order valence-electron chi connectivity index (χ1n) is 13.7. The fraction of sp³-hybridized carbons (Fsp3) is 0.258. The van der Waals surface area contributed by atoms with Crippen LogP contribution in [0.25, 0.3) is 10.9 Å². The lowest BCUT2D eigenvalue weighted by atomic mass is 10.1. The molecule has 0 aliphatic carbocycles. The minimum Gasteiger partial charge on any atom is -0.493 e. The molecule has 2 heterocycles. The lowest BCUT2D eigenvalue weighted by Crippen LogP contribution is -2.39. The number of carbonyl (C=O) groups is 2. The van der Waals surface area contributed by atoms with Crippen molar-refractivity contribution < 1.29 is 37.3 Å². The second-order valence-corrected chi connectivity index (χ2v) is 10.2. The van der Waals surface area contributed by atoms with Gasteiger partial charge in [-0.3, -0.25) is 20.0 Å². The monoisotopic (exact) mass is 624 g/mol. The molecule has 5 rings (SSSR count). The Morgan fingerprint density at radius 1 is 1.00 bits per heavy atom. The molecule has 0 unspecified atom stereocenters. The largest absolute Gasteiger partial charge is 0.493 e. The third kappa shape index (κ3) is 7.73. The zero-order chi connectivity index (χ0) is 31.1. The van der Waals surface area contributed by atoms with Gasteiger partial charge in [0.25, 0.3) is 0 Å². The van der Waals surface area contributed by atoms with Crippen LogP contribution in [0.1, 0.15) is 5.56 Å². The normalized spacial score (nSPS) is 13.4. The van der Waals surface area contributed by atoms with Crippen LogP contribution in [0.15, 0.2) is 66.9 Å². The molecule has 3 amide bonds. The van der Waals surface area contributed by atoms with Crippen LogP contribution in [0.2, 0.25) is 0 Å². The van der Waals surface area contributed by atoms with Crippen LogP contribution < -0.4 is 23.8 Å². The molecule has 0 atom stereocenters. The van der Waals surface area contributed by atoms with E-state index < -0.39 is 23.6 Å². The highest BCUT2D eigenvalue weighted by molar-refractivity contribution is 7.82. The van der Waals surface area contributed by atoms with Gasteiger partial charge in [-0.2, -0.15) is 0 Å². The van der Waals surface area contributed by atoms with Gasteiger partial charge in [-0.15, -0.1) is 0 Å². The fourth-order valence-electron chi connectivity index (χ4n) is 4.54. The number of anilines is 1. The van der Waals surface area contributed by atoms with Gasteiger partial charge >= 0.3 is 6.03 Å². The van der Waals surface area contributed by atoms with Crippen molar-refractivity contribution >= 4 is 41.3 Å². The van der Waals surface area contributed by atoms with Gasteiger partial charge in [0.15, 0.2) is 23.1 Å². The summed E-state index contributed by atoms with van der Waals surface area (Å²) in [6.45, 7) is 4.33. The Balaban J connectivity index is 1.24. The number of nitrogens with one attached hydrogen (secondary N) is 1. The number of fused-ring (bicyclic) bond motifs is 1. The Hall–Kier alpha value is -4.46. The van der Waals surface area contributed by atoms with Crippen LogP contribution in [-0.2, 0) is 16.0 Å². The lowest BCUT2D eigenvalue weighted by molar-refractivity contribution is -0.119. The van der Waals surface area contributed by atoms with Crippen molar-refractivity contribution in [1.82, 2.24) is 15.2 Å². The number of hydrogen-bond acceptors (Lipinski definition) is 9. The Morgan fingerprint density at radius 2 is 1.77 bits per heavy atom. The Labute approximate surface area is 258 Å². The molecule has 1 aliphatic rings. The highest BCUT2D eigenvalue weighted by Crippen LogP contribution is 2.38. The average molecular weight is 625 g/mol. The molecule has 13 heteroatoms. The number of urea groups is 1. The number of morpholine rings is 1. The first-order chi connectivity index (χ1) is 21.3. The molecule has 1 fully saturated rings. The summed E-state index contributed by atoms with van der Waals surface area (Å²) in [5.41, 5.74) is 1.14. The molecule has 0 saturated carbocycles. The van der Waals surface area contributed by atoms with Gasteiger partial charge in [-0.05, 0) is 42.0 Å². The summed E-state index contributed by atoms with van der Waals surface area (Å²) in [4.78, 5) is 31.5. The summed E-state index contributed by atoms with van der Waals surface area (Å²) in [6.07, 6.45) is 1.39. The number of pyridine rings is 1. The van der Waals surface area contributed by atoms with Crippen LogP contribution >= 0.6 is 12.8 Å². The molecule has 0 radical (unpaired) electrons. The number of hydrogen-bond donors (Lipinski definition) is 2. The van der Waals surface area contributed by atoms with E-state index in [9.17, 15) is 14.0 Å². The number of nitrogens with zero attached hydrogens (tertiary/aromatic N) is 3. The van der Waals surface area contributed by atoms with E-state index in [4.69, 9.17) is 18.9 Å². The molecule has 3 aromatic carbocycles. The first kappa shape index (κ1) is 31.0. The predicted molar refractivity (Wildman–Crippen MR) is 163 cm³/mol.